The number of hydrogen-bond acceptors (Lipinski definition) is 3. The van der Waals surface area contributed by atoms with E-state index in [9.17, 15) is 5.11 Å². The van der Waals surface area contributed by atoms with E-state index >= 15 is 0 Å². The zero-order valence-corrected chi connectivity index (χ0v) is 9.34. The molecule has 0 aliphatic heterocycles. The van der Waals surface area contributed by atoms with Crippen molar-refractivity contribution in [2.24, 2.45) is 5.92 Å². The Bertz CT molecular complexity index is 358. The predicted octanol–water partition coefficient (Wildman–Crippen LogP) is 2.63. The molecule has 2 atom stereocenters. The molecule has 14 heavy (non-hydrogen) atoms. The number of hydrogen-bond donors (Lipinski definition) is 1. The van der Waals surface area contributed by atoms with E-state index in [1.54, 1.807) is 11.3 Å². The number of allylic oxidation sites excluding steroid dienone is 1. The minimum Gasteiger partial charge on any atom is -0.379 e. The zero-order chi connectivity index (χ0) is 10.2. The Morgan fingerprint density at radius 3 is 2.93 bits per heavy atom. The molecule has 2 rings (SSSR count). The van der Waals surface area contributed by atoms with E-state index in [4.69, 9.17) is 0 Å². The molecule has 0 bridgehead atoms. The molecular weight excluding hydrogens is 194 g/mol. The Labute approximate surface area is 88.3 Å². The van der Waals surface area contributed by atoms with Crippen molar-refractivity contribution in [3.05, 3.63) is 28.2 Å². The molecule has 2 unspecified atom stereocenters. The van der Waals surface area contributed by atoms with Gasteiger partial charge in [0, 0.05) is 11.1 Å². The van der Waals surface area contributed by atoms with Gasteiger partial charge in [-0.15, -0.1) is 11.3 Å². The van der Waals surface area contributed by atoms with Crippen molar-refractivity contribution in [3.63, 3.8) is 0 Å². The van der Waals surface area contributed by atoms with Gasteiger partial charge in [0.2, 0.25) is 0 Å². The number of aryl methyl sites for hydroxylation is 1. The summed E-state index contributed by atoms with van der Waals surface area (Å²) in [7, 11) is 0. The maximum absolute atomic E-state index is 10.3. The fraction of sp³-hybridized carbons (Fsp3) is 0.545. The van der Waals surface area contributed by atoms with Gasteiger partial charge in [0.1, 0.15) is 10.6 Å². The van der Waals surface area contributed by atoms with Crippen LogP contribution in [0.4, 0.5) is 0 Å². The van der Waals surface area contributed by atoms with Crippen molar-refractivity contribution in [1.29, 1.82) is 0 Å². The van der Waals surface area contributed by atoms with Gasteiger partial charge < -0.3 is 5.11 Å². The van der Waals surface area contributed by atoms with Crippen LogP contribution >= 0.6 is 11.3 Å². The lowest BCUT2D eigenvalue weighted by Crippen LogP contribution is -2.26. The lowest BCUT2D eigenvalue weighted by atomic mass is 9.86. The summed E-state index contributed by atoms with van der Waals surface area (Å²) in [5.41, 5.74) is 0.191. The summed E-state index contributed by atoms with van der Waals surface area (Å²) in [5.74, 6) is 0.580. The van der Waals surface area contributed by atoms with Crippen molar-refractivity contribution in [2.45, 2.75) is 32.3 Å². The second-order valence-corrected chi connectivity index (χ2v) is 4.95. The van der Waals surface area contributed by atoms with Gasteiger partial charge in [-0.1, -0.05) is 13.0 Å². The first-order valence-corrected chi connectivity index (χ1v) is 5.82. The zero-order valence-electron chi connectivity index (χ0n) is 8.53. The summed E-state index contributed by atoms with van der Waals surface area (Å²) in [6, 6.07) is 0. The van der Waals surface area contributed by atoms with E-state index in [0.29, 0.717) is 5.92 Å². The van der Waals surface area contributed by atoms with Gasteiger partial charge in [-0.25, -0.2) is 4.98 Å². The Morgan fingerprint density at radius 1 is 1.64 bits per heavy atom. The number of rotatable bonds is 1. The Morgan fingerprint density at radius 2 is 2.43 bits per heavy atom. The standard InChI is InChI=1S/C11H15NOS/c1-8-3-5-11(13,6-4-8)10-12-9(2)7-14-10/h3,5,7-8,13H,4,6H2,1-2H3. The Balaban J connectivity index is 2.29. The van der Waals surface area contributed by atoms with Crippen LogP contribution in [-0.4, -0.2) is 10.1 Å². The molecule has 0 spiro atoms. The van der Waals surface area contributed by atoms with Crippen molar-refractivity contribution in [3.8, 4) is 0 Å². The summed E-state index contributed by atoms with van der Waals surface area (Å²) >= 11 is 1.54. The summed E-state index contributed by atoms with van der Waals surface area (Å²) in [5, 5.41) is 13.2. The van der Waals surface area contributed by atoms with Crippen molar-refractivity contribution in [2.75, 3.05) is 0 Å². The van der Waals surface area contributed by atoms with Gasteiger partial charge >= 0.3 is 0 Å². The van der Waals surface area contributed by atoms with Crippen LogP contribution in [0.5, 0.6) is 0 Å². The SMILES string of the molecule is Cc1csc(C2(O)C=CC(C)CC2)n1. The van der Waals surface area contributed by atoms with Crippen LogP contribution in [0.2, 0.25) is 0 Å². The van der Waals surface area contributed by atoms with E-state index in [0.717, 1.165) is 23.5 Å². The predicted molar refractivity (Wildman–Crippen MR) is 58.3 cm³/mol. The van der Waals surface area contributed by atoms with Crippen LogP contribution in [0.15, 0.2) is 17.5 Å². The minimum absolute atomic E-state index is 0.580. The fourth-order valence-electron chi connectivity index (χ4n) is 1.68. The first-order valence-electron chi connectivity index (χ1n) is 4.94. The Kier molecular flexibility index (Phi) is 2.45. The smallest absolute Gasteiger partial charge is 0.134 e. The minimum atomic E-state index is -0.800. The van der Waals surface area contributed by atoms with Gasteiger partial charge in [0.15, 0.2) is 0 Å². The van der Waals surface area contributed by atoms with Crippen LogP contribution in [0.25, 0.3) is 0 Å². The molecule has 2 nitrogen and oxygen atoms in total. The molecule has 1 heterocycles. The molecule has 1 aromatic rings. The van der Waals surface area contributed by atoms with Gasteiger partial charge in [-0.2, -0.15) is 0 Å². The molecule has 0 amide bonds. The normalized spacial score (nSPS) is 32.1. The molecular formula is C11H15NOS. The molecule has 1 N–H and O–H groups in total. The van der Waals surface area contributed by atoms with E-state index in [1.807, 2.05) is 18.4 Å². The van der Waals surface area contributed by atoms with Crippen LogP contribution < -0.4 is 0 Å². The second-order valence-electron chi connectivity index (χ2n) is 4.09. The maximum Gasteiger partial charge on any atom is 0.134 e. The highest BCUT2D eigenvalue weighted by atomic mass is 32.1. The number of thiazole rings is 1. The summed E-state index contributed by atoms with van der Waals surface area (Å²) < 4.78 is 0. The van der Waals surface area contributed by atoms with Crippen LogP contribution in [0.3, 0.4) is 0 Å². The van der Waals surface area contributed by atoms with E-state index < -0.39 is 5.60 Å². The lowest BCUT2D eigenvalue weighted by molar-refractivity contribution is 0.0669. The molecule has 76 valence electrons. The summed E-state index contributed by atoms with van der Waals surface area (Å²) in [4.78, 5) is 4.35. The average molecular weight is 209 g/mol. The molecule has 0 radical (unpaired) electrons. The monoisotopic (exact) mass is 209 g/mol. The van der Waals surface area contributed by atoms with Gasteiger partial charge in [0.25, 0.3) is 0 Å². The first kappa shape index (κ1) is 9.87. The first-order chi connectivity index (χ1) is 6.60. The Hall–Kier alpha value is -0.670. The van der Waals surface area contributed by atoms with Gasteiger partial charge in [-0.05, 0) is 31.8 Å². The van der Waals surface area contributed by atoms with Crippen LogP contribution in [-0.2, 0) is 5.60 Å². The number of aliphatic hydroxyl groups is 1. The highest BCUT2D eigenvalue weighted by Crippen LogP contribution is 2.35. The maximum atomic E-state index is 10.3. The number of nitrogens with zero attached hydrogens (tertiary/aromatic N) is 1. The van der Waals surface area contributed by atoms with Crippen LogP contribution in [0.1, 0.15) is 30.5 Å². The van der Waals surface area contributed by atoms with Crippen molar-refractivity contribution >= 4 is 11.3 Å². The molecule has 3 heteroatoms. The molecule has 0 aromatic carbocycles. The highest BCUT2D eigenvalue weighted by molar-refractivity contribution is 7.09. The quantitative estimate of drug-likeness (QED) is 0.721. The topological polar surface area (TPSA) is 33.1 Å². The number of aromatic nitrogens is 1. The third kappa shape index (κ3) is 1.74. The lowest BCUT2D eigenvalue weighted by Gasteiger charge is -2.27. The molecule has 0 fully saturated rings. The van der Waals surface area contributed by atoms with E-state index in [2.05, 4.69) is 18.0 Å². The van der Waals surface area contributed by atoms with E-state index in [1.165, 1.54) is 0 Å². The third-order valence-corrected chi connectivity index (χ3v) is 3.80. The molecule has 1 aliphatic rings. The van der Waals surface area contributed by atoms with Gasteiger partial charge in [0.05, 0.1) is 0 Å². The summed E-state index contributed by atoms with van der Waals surface area (Å²) in [6.45, 7) is 4.13. The summed E-state index contributed by atoms with van der Waals surface area (Å²) in [6.07, 6.45) is 5.81. The second kappa shape index (κ2) is 3.48. The van der Waals surface area contributed by atoms with Crippen molar-refractivity contribution < 1.29 is 5.11 Å². The van der Waals surface area contributed by atoms with E-state index in [-0.39, 0.29) is 0 Å². The fourth-order valence-corrected chi connectivity index (χ4v) is 2.59. The molecule has 0 saturated heterocycles. The highest BCUT2D eigenvalue weighted by Gasteiger charge is 2.32. The molecule has 1 aromatic heterocycles. The average Bonchev–Trinajstić information content (AvgIpc) is 2.58. The third-order valence-electron chi connectivity index (χ3n) is 2.67. The largest absolute Gasteiger partial charge is 0.379 e. The van der Waals surface area contributed by atoms with Crippen molar-refractivity contribution in [1.82, 2.24) is 4.98 Å². The van der Waals surface area contributed by atoms with Crippen LogP contribution in [0, 0.1) is 12.8 Å². The molecule has 0 saturated carbocycles. The molecule has 1 aliphatic carbocycles. The van der Waals surface area contributed by atoms with Gasteiger partial charge in [-0.3, -0.25) is 0 Å².